The Morgan fingerprint density at radius 2 is 1.62 bits per heavy atom. The Kier molecular flexibility index (Phi) is 7.99. The van der Waals surface area contributed by atoms with Crippen molar-refractivity contribution in [1.82, 2.24) is 5.32 Å². The highest BCUT2D eigenvalue weighted by atomic mass is 16.5. The third-order valence-electron chi connectivity index (χ3n) is 4.34. The summed E-state index contributed by atoms with van der Waals surface area (Å²) < 4.78 is 9.96. The molecule has 4 N–H and O–H groups in total. The number of hydrogen-bond donors (Lipinski definition) is 4. The Morgan fingerprint density at radius 3 is 2.31 bits per heavy atom. The molecule has 1 heterocycles. The van der Waals surface area contributed by atoms with E-state index in [-0.39, 0.29) is 30.0 Å². The zero-order valence-electron chi connectivity index (χ0n) is 17.5. The third-order valence-corrected chi connectivity index (χ3v) is 4.34. The van der Waals surface area contributed by atoms with Gasteiger partial charge in [-0.1, -0.05) is 6.07 Å². The second-order valence-electron chi connectivity index (χ2n) is 6.74. The van der Waals surface area contributed by atoms with E-state index in [1.54, 1.807) is 67.8 Å². The molecule has 0 radical (unpaired) electrons. The largest absolute Gasteiger partial charge is 0.459 e. The van der Waals surface area contributed by atoms with Crippen LogP contribution in [0.15, 0.2) is 71.3 Å². The van der Waals surface area contributed by atoms with Crippen molar-refractivity contribution in [3.8, 4) is 0 Å². The van der Waals surface area contributed by atoms with Gasteiger partial charge in [-0.05, 0) is 54.6 Å². The number of furan rings is 1. The van der Waals surface area contributed by atoms with Gasteiger partial charge in [0.15, 0.2) is 5.76 Å². The summed E-state index contributed by atoms with van der Waals surface area (Å²) in [7, 11) is 1.57. The molecule has 0 saturated heterocycles. The third kappa shape index (κ3) is 6.71. The lowest BCUT2D eigenvalue weighted by molar-refractivity contribution is -0.114. The number of ether oxygens (including phenoxy) is 1. The number of carbonyl (C=O) groups excluding carboxylic acids is 3. The van der Waals surface area contributed by atoms with Crippen LogP contribution in [0.4, 0.5) is 17.1 Å². The van der Waals surface area contributed by atoms with E-state index in [0.29, 0.717) is 35.8 Å². The number of amides is 3. The molecule has 1 aromatic heterocycles. The van der Waals surface area contributed by atoms with Gasteiger partial charge in [-0.2, -0.15) is 0 Å². The molecule has 0 fully saturated rings. The molecule has 0 spiro atoms. The first-order valence-electron chi connectivity index (χ1n) is 9.91. The van der Waals surface area contributed by atoms with Gasteiger partial charge in [0, 0.05) is 36.3 Å². The minimum absolute atomic E-state index is 0.0301. The number of nitrogens with one attached hydrogen (secondary N) is 4. The van der Waals surface area contributed by atoms with Crippen LogP contribution in [0.2, 0.25) is 0 Å². The fraction of sp³-hybridized carbons (Fsp3) is 0.174. The predicted octanol–water partition coefficient (Wildman–Crippen LogP) is 2.96. The van der Waals surface area contributed by atoms with Crippen LogP contribution in [-0.4, -0.2) is 44.5 Å². The molecule has 9 heteroatoms. The maximum absolute atomic E-state index is 12.3. The van der Waals surface area contributed by atoms with E-state index in [9.17, 15) is 14.4 Å². The molecule has 0 aliphatic carbocycles. The zero-order valence-corrected chi connectivity index (χ0v) is 17.5. The first-order chi connectivity index (χ1) is 15.5. The Hall–Kier alpha value is -4.11. The van der Waals surface area contributed by atoms with Gasteiger partial charge in [-0.3, -0.25) is 14.4 Å². The molecule has 3 amide bonds. The highest BCUT2D eigenvalue weighted by Crippen LogP contribution is 2.16. The number of methoxy groups -OCH3 is 1. The fourth-order valence-corrected chi connectivity index (χ4v) is 2.77. The second-order valence-corrected chi connectivity index (χ2v) is 6.74. The minimum Gasteiger partial charge on any atom is -0.459 e. The van der Waals surface area contributed by atoms with Crippen LogP contribution >= 0.6 is 0 Å². The molecule has 0 unspecified atom stereocenters. The van der Waals surface area contributed by atoms with Crippen molar-refractivity contribution in [2.75, 3.05) is 42.8 Å². The second kappa shape index (κ2) is 11.3. The van der Waals surface area contributed by atoms with Crippen molar-refractivity contribution in [2.24, 2.45) is 0 Å². The molecular weight excluding hydrogens is 412 g/mol. The number of benzene rings is 2. The monoisotopic (exact) mass is 436 g/mol. The summed E-state index contributed by atoms with van der Waals surface area (Å²) in [5.41, 5.74) is 2.28. The molecule has 166 valence electrons. The molecule has 2 aromatic carbocycles. The van der Waals surface area contributed by atoms with E-state index < -0.39 is 0 Å². The molecular formula is C23H24N4O5. The maximum Gasteiger partial charge on any atom is 0.291 e. The van der Waals surface area contributed by atoms with Crippen LogP contribution in [-0.2, 0) is 9.53 Å². The van der Waals surface area contributed by atoms with E-state index in [4.69, 9.17) is 9.15 Å². The average Bonchev–Trinajstić information content (AvgIpc) is 3.34. The quantitative estimate of drug-likeness (QED) is 0.363. The Labute approximate surface area is 185 Å². The van der Waals surface area contributed by atoms with Crippen molar-refractivity contribution in [2.45, 2.75) is 0 Å². The number of anilines is 3. The minimum atomic E-state index is -0.379. The van der Waals surface area contributed by atoms with Crippen LogP contribution < -0.4 is 21.3 Å². The molecule has 9 nitrogen and oxygen atoms in total. The number of rotatable bonds is 10. The van der Waals surface area contributed by atoms with Gasteiger partial charge in [0.2, 0.25) is 5.91 Å². The van der Waals surface area contributed by atoms with Crippen molar-refractivity contribution in [3.63, 3.8) is 0 Å². The van der Waals surface area contributed by atoms with E-state index in [1.807, 2.05) is 0 Å². The number of carbonyl (C=O) groups is 3. The van der Waals surface area contributed by atoms with E-state index in [2.05, 4.69) is 21.3 Å². The summed E-state index contributed by atoms with van der Waals surface area (Å²) in [5.74, 6) is -0.635. The molecule has 0 saturated carbocycles. The average molecular weight is 436 g/mol. The predicted molar refractivity (Wildman–Crippen MR) is 121 cm³/mol. The molecule has 0 aliphatic rings. The fourth-order valence-electron chi connectivity index (χ4n) is 2.77. The molecule has 3 rings (SSSR count). The lowest BCUT2D eigenvalue weighted by Gasteiger charge is -2.10. The van der Waals surface area contributed by atoms with E-state index >= 15 is 0 Å². The van der Waals surface area contributed by atoms with Gasteiger partial charge in [0.25, 0.3) is 11.8 Å². The first kappa shape index (κ1) is 22.6. The summed E-state index contributed by atoms with van der Waals surface area (Å²) in [6, 6.07) is 16.8. The first-order valence-corrected chi connectivity index (χ1v) is 9.91. The Morgan fingerprint density at radius 1 is 0.875 bits per heavy atom. The van der Waals surface area contributed by atoms with Crippen LogP contribution in [0.1, 0.15) is 20.9 Å². The van der Waals surface area contributed by atoms with Gasteiger partial charge in [-0.25, -0.2) is 0 Å². The van der Waals surface area contributed by atoms with Crippen LogP contribution in [0.5, 0.6) is 0 Å². The Balaban J connectivity index is 1.47. The lowest BCUT2D eigenvalue weighted by Crippen LogP contribution is -2.26. The van der Waals surface area contributed by atoms with Gasteiger partial charge >= 0.3 is 0 Å². The highest BCUT2D eigenvalue weighted by Gasteiger charge is 2.10. The normalized spacial score (nSPS) is 10.3. The summed E-state index contributed by atoms with van der Waals surface area (Å²) in [5, 5.41) is 11.2. The van der Waals surface area contributed by atoms with Crippen molar-refractivity contribution < 1.29 is 23.5 Å². The summed E-state index contributed by atoms with van der Waals surface area (Å²) >= 11 is 0. The summed E-state index contributed by atoms with van der Waals surface area (Å²) in [4.78, 5) is 36.3. The number of hydrogen-bond acceptors (Lipinski definition) is 6. The van der Waals surface area contributed by atoms with Gasteiger partial charge in [0.1, 0.15) is 0 Å². The summed E-state index contributed by atoms with van der Waals surface area (Å²) in [6.45, 7) is 0.908. The van der Waals surface area contributed by atoms with Crippen LogP contribution in [0, 0.1) is 0 Å². The molecule has 0 aliphatic heterocycles. The van der Waals surface area contributed by atoms with Crippen molar-refractivity contribution in [3.05, 3.63) is 78.3 Å². The van der Waals surface area contributed by atoms with Crippen molar-refractivity contribution >= 4 is 34.8 Å². The van der Waals surface area contributed by atoms with E-state index in [1.165, 1.54) is 6.26 Å². The van der Waals surface area contributed by atoms with Crippen LogP contribution in [0.25, 0.3) is 0 Å². The maximum atomic E-state index is 12.3. The molecule has 32 heavy (non-hydrogen) atoms. The summed E-state index contributed by atoms with van der Waals surface area (Å²) in [6.07, 6.45) is 1.42. The standard InChI is InChI=1S/C23H24N4O5/c1-31-13-11-24-22(29)16-7-9-17(10-8-16)25-15-21(28)26-18-4-2-5-19(14-18)27-23(30)20-6-3-12-32-20/h2-10,12,14,25H,11,13,15H2,1H3,(H,24,29)(H,26,28)(H,27,30). The molecule has 0 atom stereocenters. The van der Waals surface area contributed by atoms with Crippen molar-refractivity contribution in [1.29, 1.82) is 0 Å². The smallest absolute Gasteiger partial charge is 0.291 e. The van der Waals surface area contributed by atoms with E-state index in [0.717, 1.165) is 0 Å². The zero-order chi connectivity index (χ0) is 22.8. The molecule has 3 aromatic rings. The van der Waals surface area contributed by atoms with Gasteiger partial charge in [-0.15, -0.1) is 0 Å². The van der Waals surface area contributed by atoms with Gasteiger partial charge < -0.3 is 30.4 Å². The Bertz CT molecular complexity index is 1050. The van der Waals surface area contributed by atoms with Crippen LogP contribution in [0.3, 0.4) is 0 Å². The highest BCUT2D eigenvalue weighted by molar-refractivity contribution is 6.03. The topological polar surface area (TPSA) is 122 Å². The SMILES string of the molecule is COCCNC(=O)c1ccc(NCC(=O)Nc2cccc(NC(=O)c3ccco3)c2)cc1. The lowest BCUT2D eigenvalue weighted by atomic mass is 10.2. The van der Waals surface area contributed by atoms with Gasteiger partial charge in [0.05, 0.1) is 19.4 Å². The molecule has 0 bridgehead atoms.